The van der Waals surface area contributed by atoms with Crippen molar-refractivity contribution >= 4 is 27.8 Å². The lowest BCUT2D eigenvalue weighted by atomic mass is 10.0. The topological polar surface area (TPSA) is 104 Å². The number of methoxy groups -OCH3 is 1. The van der Waals surface area contributed by atoms with Gasteiger partial charge in [0.1, 0.15) is 17.1 Å². The van der Waals surface area contributed by atoms with Gasteiger partial charge in [-0.3, -0.25) is 10.1 Å². The Kier molecular flexibility index (Phi) is 5.52. The Morgan fingerprint density at radius 2 is 1.81 bits per heavy atom. The zero-order valence-corrected chi connectivity index (χ0v) is 20.5. The summed E-state index contributed by atoms with van der Waals surface area (Å²) in [6, 6.07) is 16.6. The fourth-order valence-corrected chi connectivity index (χ4v) is 4.43. The molecule has 0 spiro atoms. The number of halogens is 1. The first-order valence-corrected chi connectivity index (χ1v) is 11.9. The van der Waals surface area contributed by atoms with Gasteiger partial charge in [-0.15, -0.1) is 0 Å². The molecule has 3 N–H and O–H groups in total. The summed E-state index contributed by atoms with van der Waals surface area (Å²) in [4.78, 5) is 17.5. The van der Waals surface area contributed by atoms with Gasteiger partial charge >= 0.3 is 0 Å². The van der Waals surface area contributed by atoms with Crippen molar-refractivity contribution < 1.29 is 9.13 Å². The highest BCUT2D eigenvalue weighted by Crippen LogP contribution is 2.33. The molecule has 0 bridgehead atoms. The number of nitrogens with one attached hydrogen (secondary N) is 3. The molecule has 4 aromatic heterocycles. The van der Waals surface area contributed by atoms with E-state index in [0.717, 1.165) is 33.5 Å². The molecular weight excluding hydrogens is 469 g/mol. The molecule has 0 saturated heterocycles. The summed E-state index contributed by atoms with van der Waals surface area (Å²) in [5, 5.41) is 10.9. The zero-order valence-electron chi connectivity index (χ0n) is 20.5. The van der Waals surface area contributed by atoms with Crippen LogP contribution < -0.4 is 10.1 Å². The summed E-state index contributed by atoms with van der Waals surface area (Å²) < 4.78 is 19.5. The summed E-state index contributed by atoms with van der Waals surface area (Å²) in [7, 11) is 1.52. The molecule has 0 amide bonds. The van der Waals surface area contributed by atoms with E-state index in [4.69, 9.17) is 14.7 Å². The molecule has 0 saturated carbocycles. The Hall–Kier alpha value is -4.79. The number of ether oxygens (including phenoxy) is 1. The lowest BCUT2D eigenvalue weighted by molar-refractivity contribution is 0.411. The highest BCUT2D eigenvalue weighted by atomic mass is 19.1. The number of pyridine rings is 2. The molecule has 6 aromatic rings. The molecule has 0 atom stereocenters. The quantitative estimate of drug-likeness (QED) is 0.255. The van der Waals surface area contributed by atoms with Gasteiger partial charge in [-0.2, -0.15) is 5.10 Å². The van der Waals surface area contributed by atoms with Crippen LogP contribution in [0.4, 0.5) is 10.1 Å². The van der Waals surface area contributed by atoms with E-state index in [2.05, 4.69) is 39.3 Å². The van der Waals surface area contributed by atoms with E-state index in [-0.39, 0.29) is 5.82 Å². The van der Waals surface area contributed by atoms with Crippen molar-refractivity contribution in [2.24, 2.45) is 0 Å². The van der Waals surface area contributed by atoms with Gasteiger partial charge in [-0.25, -0.2) is 14.4 Å². The summed E-state index contributed by atoms with van der Waals surface area (Å²) in [6.45, 7) is 4.16. The van der Waals surface area contributed by atoms with E-state index in [0.29, 0.717) is 39.9 Å². The number of nitrogens with zero attached hydrogens (tertiary/aromatic N) is 4. The third-order valence-corrected chi connectivity index (χ3v) is 6.05. The van der Waals surface area contributed by atoms with Crippen LogP contribution in [-0.2, 0) is 0 Å². The van der Waals surface area contributed by atoms with Crippen LogP contribution in [0.3, 0.4) is 0 Å². The second-order valence-corrected chi connectivity index (χ2v) is 9.09. The van der Waals surface area contributed by atoms with Crippen molar-refractivity contribution in [2.45, 2.75) is 19.9 Å². The van der Waals surface area contributed by atoms with Crippen molar-refractivity contribution in [3.8, 4) is 39.7 Å². The van der Waals surface area contributed by atoms with Gasteiger partial charge in [0, 0.05) is 35.6 Å². The number of anilines is 1. The van der Waals surface area contributed by atoms with Crippen LogP contribution in [0.15, 0.2) is 67.0 Å². The molecule has 0 aliphatic heterocycles. The maximum Gasteiger partial charge on any atom is 0.161 e. The van der Waals surface area contributed by atoms with Gasteiger partial charge in [-0.1, -0.05) is 12.1 Å². The minimum absolute atomic E-state index is 0.291. The number of rotatable bonds is 6. The van der Waals surface area contributed by atoms with Crippen molar-refractivity contribution in [2.75, 3.05) is 12.4 Å². The van der Waals surface area contributed by atoms with Gasteiger partial charge in [0.05, 0.1) is 35.0 Å². The second-order valence-electron chi connectivity index (χ2n) is 9.09. The lowest BCUT2D eigenvalue weighted by Crippen LogP contribution is -2.09. The molecule has 0 unspecified atom stereocenters. The zero-order chi connectivity index (χ0) is 25.5. The highest BCUT2D eigenvalue weighted by molar-refractivity contribution is 5.96. The second kappa shape index (κ2) is 9.02. The fraction of sp³-hybridized carbons (Fsp3) is 0.143. The lowest BCUT2D eigenvalue weighted by Gasteiger charge is -2.10. The molecular formula is C28H24FN7O. The van der Waals surface area contributed by atoms with Crippen LogP contribution in [0.25, 0.3) is 56.0 Å². The van der Waals surface area contributed by atoms with Crippen LogP contribution in [0, 0.1) is 5.82 Å². The Bertz CT molecular complexity index is 1760. The molecule has 0 aliphatic rings. The normalized spacial score (nSPS) is 11.5. The van der Waals surface area contributed by atoms with Gasteiger partial charge in [0.25, 0.3) is 0 Å². The number of H-pyrrole nitrogens is 2. The van der Waals surface area contributed by atoms with Gasteiger partial charge in [0.2, 0.25) is 0 Å². The molecule has 0 radical (unpaired) electrons. The van der Waals surface area contributed by atoms with E-state index < -0.39 is 0 Å². The van der Waals surface area contributed by atoms with Crippen molar-refractivity contribution in [1.82, 2.24) is 30.1 Å². The average molecular weight is 494 g/mol. The van der Waals surface area contributed by atoms with Gasteiger partial charge in [-0.05, 0) is 55.8 Å². The molecule has 184 valence electrons. The summed E-state index contributed by atoms with van der Waals surface area (Å²) in [5.41, 5.74) is 7.65. The Labute approximate surface area is 212 Å². The number of para-hydroxylation sites is 1. The molecule has 2 aromatic carbocycles. The summed E-state index contributed by atoms with van der Waals surface area (Å²) in [6.07, 6.45) is 3.59. The molecule has 9 heteroatoms. The molecule has 37 heavy (non-hydrogen) atoms. The third-order valence-electron chi connectivity index (χ3n) is 6.05. The number of benzene rings is 2. The number of fused-ring (bicyclic) bond motifs is 2. The van der Waals surface area contributed by atoms with Crippen molar-refractivity contribution in [3.05, 3.63) is 72.8 Å². The standard InChI is InChI=1S/C28H24FN7O/c1-15(2)31-19-10-17(13-30-14-19)22-7-8-24-26(32-22)27(36-35-24)28-33-23-6-4-5-21(25(23)34-28)16-9-18(29)12-20(11-16)37-3/h4-15,31H,1-3H3,(H,33,34)(H,35,36). The van der Waals surface area contributed by atoms with Crippen LogP contribution >= 0.6 is 0 Å². The molecule has 6 rings (SSSR count). The first-order chi connectivity index (χ1) is 18.0. The highest BCUT2D eigenvalue weighted by Gasteiger charge is 2.17. The van der Waals surface area contributed by atoms with E-state index >= 15 is 0 Å². The SMILES string of the molecule is COc1cc(F)cc(-c2cccc3[nH]c(-c4n[nH]c5ccc(-c6cncc(NC(C)C)c6)nc45)nc23)c1. The Balaban J connectivity index is 1.45. The number of imidazole rings is 1. The molecule has 8 nitrogen and oxygen atoms in total. The third kappa shape index (κ3) is 4.24. The largest absolute Gasteiger partial charge is 0.497 e. The first-order valence-electron chi connectivity index (χ1n) is 11.9. The predicted molar refractivity (Wildman–Crippen MR) is 143 cm³/mol. The smallest absolute Gasteiger partial charge is 0.161 e. The maximum absolute atomic E-state index is 14.2. The molecule has 0 aliphatic carbocycles. The number of hydrogen-bond acceptors (Lipinski definition) is 6. The first kappa shape index (κ1) is 22.7. The Morgan fingerprint density at radius 1 is 0.919 bits per heavy atom. The van der Waals surface area contributed by atoms with Crippen molar-refractivity contribution in [3.63, 3.8) is 0 Å². The number of hydrogen-bond donors (Lipinski definition) is 3. The van der Waals surface area contributed by atoms with Gasteiger partial charge < -0.3 is 15.0 Å². The van der Waals surface area contributed by atoms with E-state index in [1.807, 2.05) is 36.4 Å². The fourth-order valence-electron chi connectivity index (χ4n) is 4.43. The Morgan fingerprint density at radius 3 is 2.65 bits per heavy atom. The molecule has 4 heterocycles. The minimum Gasteiger partial charge on any atom is -0.497 e. The van der Waals surface area contributed by atoms with Crippen molar-refractivity contribution in [1.29, 1.82) is 0 Å². The minimum atomic E-state index is -0.376. The van der Waals surface area contributed by atoms with E-state index in [9.17, 15) is 4.39 Å². The van der Waals surface area contributed by atoms with Crippen LogP contribution in [0.5, 0.6) is 5.75 Å². The van der Waals surface area contributed by atoms with Crippen LogP contribution in [0.2, 0.25) is 0 Å². The van der Waals surface area contributed by atoms with Crippen LogP contribution in [-0.4, -0.2) is 43.3 Å². The average Bonchev–Trinajstić information content (AvgIpc) is 3.51. The van der Waals surface area contributed by atoms with E-state index in [1.54, 1.807) is 18.5 Å². The molecule has 0 fully saturated rings. The maximum atomic E-state index is 14.2. The summed E-state index contributed by atoms with van der Waals surface area (Å²) >= 11 is 0. The summed E-state index contributed by atoms with van der Waals surface area (Å²) in [5.74, 6) is 0.634. The van der Waals surface area contributed by atoms with Crippen LogP contribution in [0.1, 0.15) is 13.8 Å². The van der Waals surface area contributed by atoms with E-state index in [1.165, 1.54) is 19.2 Å². The number of aromatic nitrogens is 6. The predicted octanol–water partition coefficient (Wildman–Crippen LogP) is 6.20. The van der Waals surface area contributed by atoms with Gasteiger partial charge in [0.15, 0.2) is 11.5 Å². The monoisotopic (exact) mass is 493 g/mol. The number of aromatic amines is 2.